The monoisotopic (exact) mass is 337 g/mol. The highest BCUT2D eigenvalue weighted by Gasteiger charge is 2.38. The summed E-state index contributed by atoms with van der Waals surface area (Å²) in [5.74, 6) is 0.397. The molecule has 0 saturated heterocycles. The molecule has 0 unspecified atom stereocenters. The zero-order valence-corrected chi connectivity index (χ0v) is 12.5. The molecular weight excluding hydrogens is 327 g/mol. The number of hydrogen-bond donors (Lipinski definition) is 2. The molecule has 0 radical (unpaired) electrons. The van der Waals surface area contributed by atoms with Gasteiger partial charge in [-0.3, -0.25) is 10.1 Å². The van der Waals surface area contributed by atoms with Gasteiger partial charge in [0.15, 0.2) is 11.5 Å². The minimum Gasteiger partial charge on any atom is -0.463 e. The number of carbonyl (C=O) groups is 1. The van der Waals surface area contributed by atoms with Crippen LogP contribution < -0.4 is 10.6 Å². The van der Waals surface area contributed by atoms with Crippen molar-refractivity contribution in [3.63, 3.8) is 0 Å². The first kappa shape index (κ1) is 15.3. The van der Waals surface area contributed by atoms with E-state index in [9.17, 15) is 4.79 Å². The molecule has 3 N–H and O–H groups in total. The summed E-state index contributed by atoms with van der Waals surface area (Å²) in [6.07, 6.45) is 2.16. The van der Waals surface area contributed by atoms with Gasteiger partial charge in [-0.2, -0.15) is 0 Å². The summed E-state index contributed by atoms with van der Waals surface area (Å²) in [6, 6.07) is 6.68. The predicted molar refractivity (Wildman–Crippen MR) is 74.6 cm³/mol. The summed E-state index contributed by atoms with van der Waals surface area (Å²) in [4.78, 5) is 11.9. The third kappa shape index (κ3) is 4.18. The summed E-state index contributed by atoms with van der Waals surface area (Å²) in [5, 5.41) is 4.26. The maximum atomic E-state index is 11.9. The lowest BCUT2D eigenvalue weighted by molar-refractivity contribution is -0.708. The van der Waals surface area contributed by atoms with E-state index in [2.05, 4.69) is 5.32 Å². The number of hydrogen-bond acceptors (Lipinski definition) is 3. The zero-order valence-electron chi connectivity index (χ0n) is 10.2. The van der Waals surface area contributed by atoms with E-state index in [0.29, 0.717) is 12.3 Å². The second kappa shape index (κ2) is 6.54. The highest BCUT2D eigenvalue weighted by molar-refractivity contribution is 6.68. The number of carbonyl (C=O) groups excluding carboxylic acids is 1. The van der Waals surface area contributed by atoms with Gasteiger partial charge in [-0.05, 0) is 24.3 Å². The van der Waals surface area contributed by atoms with Crippen LogP contribution >= 0.6 is 34.8 Å². The Morgan fingerprint density at radius 1 is 1.25 bits per heavy atom. The third-order valence-corrected chi connectivity index (χ3v) is 3.22. The molecule has 2 aromatic rings. The molecule has 5 nitrogen and oxygen atoms in total. The third-order valence-electron chi connectivity index (χ3n) is 2.52. The summed E-state index contributed by atoms with van der Waals surface area (Å²) in [6.45, 7) is 0.421. The van der Waals surface area contributed by atoms with Gasteiger partial charge in [0.1, 0.15) is 6.54 Å². The van der Waals surface area contributed by atoms with Gasteiger partial charge in [0.05, 0.1) is 12.5 Å². The van der Waals surface area contributed by atoms with Crippen molar-refractivity contribution in [2.24, 2.45) is 0 Å². The number of furan rings is 2. The maximum Gasteiger partial charge on any atom is 0.291 e. The second-order valence-corrected chi connectivity index (χ2v) is 6.36. The van der Waals surface area contributed by atoms with Gasteiger partial charge in [0.2, 0.25) is 6.17 Å². The average molecular weight is 339 g/mol. The zero-order chi connectivity index (χ0) is 14.6. The van der Waals surface area contributed by atoms with E-state index >= 15 is 0 Å². The predicted octanol–water partition coefficient (Wildman–Crippen LogP) is 2.06. The molecule has 108 valence electrons. The average Bonchev–Trinajstić information content (AvgIpc) is 3.04. The van der Waals surface area contributed by atoms with Crippen LogP contribution in [0.5, 0.6) is 0 Å². The summed E-state index contributed by atoms with van der Waals surface area (Å²) in [5.41, 5.74) is 0. The van der Waals surface area contributed by atoms with Crippen LogP contribution in [0.2, 0.25) is 0 Å². The minimum absolute atomic E-state index is 0.149. The molecule has 0 aliphatic rings. The number of rotatable bonds is 5. The molecule has 0 fully saturated rings. The molecule has 0 spiro atoms. The van der Waals surface area contributed by atoms with Gasteiger partial charge < -0.3 is 14.2 Å². The Kier molecular flexibility index (Phi) is 4.99. The largest absolute Gasteiger partial charge is 0.463 e. The normalized spacial score (nSPS) is 13.2. The van der Waals surface area contributed by atoms with E-state index < -0.39 is 15.9 Å². The Morgan fingerprint density at radius 2 is 1.95 bits per heavy atom. The number of halogens is 3. The van der Waals surface area contributed by atoms with Crippen molar-refractivity contribution in [3.05, 3.63) is 48.3 Å². The summed E-state index contributed by atoms with van der Waals surface area (Å²) >= 11 is 17.6. The van der Waals surface area contributed by atoms with Crippen molar-refractivity contribution < 1.29 is 18.9 Å². The standard InChI is InChI=1S/C12H11Cl3N2O3/c13-12(14,15)11(16-7-8-3-1-5-19-8)17-10(18)9-4-2-6-20-9/h1-6,11,16H,7H2,(H,17,18)/p+1/t11-/m1/s1. The highest BCUT2D eigenvalue weighted by atomic mass is 35.6. The smallest absolute Gasteiger partial charge is 0.291 e. The minimum atomic E-state index is -1.67. The van der Waals surface area contributed by atoms with E-state index in [1.54, 1.807) is 29.8 Å². The van der Waals surface area contributed by atoms with Crippen molar-refractivity contribution in [1.29, 1.82) is 0 Å². The molecule has 0 aromatic carbocycles. The fraction of sp³-hybridized carbons (Fsp3) is 0.250. The number of amides is 1. The van der Waals surface area contributed by atoms with Crippen LogP contribution in [0.15, 0.2) is 45.6 Å². The molecule has 1 amide bonds. The molecule has 0 saturated carbocycles. The Bertz CT molecular complexity index is 535. The summed E-state index contributed by atoms with van der Waals surface area (Å²) in [7, 11) is 0. The van der Waals surface area contributed by atoms with Crippen LogP contribution in [0.1, 0.15) is 16.3 Å². The molecule has 0 aliphatic carbocycles. The van der Waals surface area contributed by atoms with E-state index in [1.165, 1.54) is 12.3 Å². The number of nitrogens with two attached hydrogens (primary N) is 1. The molecule has 0 aliphatic heterocycles. The molecule has 20 heavy (non-hydrogen) atoms. The van der Waals surface area contributed by atoms with E-state index in [-0.39, 0.29) is 5.76 Å². The number of nitrogens with one attached hydrogen (secondary N) is 1. The van der Waals surface area contributed by atoms with Gasteiger partial charge in [-0.25, -0.2) is 0 Å². The molecule has 8 heteroatoms. The molecular formula is C12H12Cl3N2O3+. The number of alkyl halides is 3. The van der Waals surface area contributed by atoms with Gasteiger partial charge in [-0.15, -0.1) is 0 Å². The van der Waals surface area contributed by atoms with Crippen molar-refractivity contribution in [2.75, 3.05) is 0 Å². The van der Waals surface area contributed by atoms with E-state index in [0.717, 1.165) is 0 Å². The molecule has 1 atom stereocenters. The fourth-order valence-corrected chi connectivity index (χ4v) is 1.99. The Labute approximate surface area is 130 Å². The lowest BCUT2D eigenvalue weighted by Crippen LogP contribution is -2.95. The van der Waals surface area contributed by atoms with Crippen LogP contribution in [0.4, 0.5) is 0 Å². The van der Waals surface area contributed by atoms with Crippen LogP contribution in [-0.4, -0.2) is 15.9 Å². The molecule has 0 bridgehead atoms. The quantitative estimate of drug-likeness (QED) is 0.647. The van der Waals surface area contributed by atoms with Gasteiger partial charge in [-0.1, -0.05) is 34.8 Å². The maximum absolute atomic E-state index is 11.9. The van der Waals surface area contributed by atoms with Gasteiger partial charge in [0, 0.05) is 0 Å². The van der Waals surface area contributed by atoms with Gasteiger partial charge >= 0.3 is 0 Å². The summed E-state index contributed by atoms with van der Waals surface area (Å²) < 4.78 is 8.50. The fourth-order valence-electron chi connectivity index (χ4n) is 1.56. The lowest BCUT2D eigenvalue weighted by atomic mass is 10.4. The molecule has 2 aromatic heterocycles. The lowest BCUT2D eigenvalue weighted by Gasteiger charge is -2.22. The SMILES string of the molecule is O=C(N[C@@H]([NH2+]Cc1ccco1)C(Cl)(Cl)Cl)c1ccco1. The molecule has 2 rings (SSSR count). The van der Waals surface area contributed by atoms with E-state index in [1.807, 2.05) is 0 Å². The topological polar surface area (TPSA) is 72.0 Å². The van der Waals surface area contributed by atoms with Crippen LogP contribution in [-0.2, 0) is 6.54 Å². The van der Waals surface area contributed by atoms with E-state index in [4.69, 9.17) is 43.6 Å². The Morgan fingerprint density at radius 3 is 2.50 bits per heavy atom. The Balaban J connectivity index is 1.99. The first-order valence-electron chi connectivity index (χ1n) is 5.73. The Hall–Kier alpha value is -1.14. The van der Waals surface area contributed by atoms with Crippen molar-refractivity contribution in [3.8, 4) is 0 Å². The van der Waals surface area contributed by atoms with Crippen molar-refractivity contribution >= 4 is 40.7 Å². The van der Waals surface area contributed by atoms with Crippen molar-refractivity contribution in [1.82, 2.24) is 5.32 Å². The molecule has 2 heterocycles. The number of quaternary nitrogens is 1. The second-order valence-electron chi connectivity index (χ2n) is 3.99. The van der Waals surface area contributed by atoms with Gasteiger partial charge in [0.25, 0.3) is 9.70 Å². The first-order chi connectivity index (χ1) is 9.47. The highest BCUT2D eigenvalue weighted by Crippen LogP contribution is 2.27. The first-order valence-corrected chi connectivity index (χ1v) is 6.87. The van der Waals surface area contributed by atoms with Crippen LogP contribution in [0.3, 0.4) is 0 Å². The van der Waals surface area contributed by atoms with Crippen LogP contribution in [0.25, 0.3) is 0 Å². The van der Waals surface area contributed by atoms with Crippen molar-refractivity contribution in [2.45, 2.75) is 16.5 Å². The van der Waals surface area contributed by atoms with Crippen LogP contribution in [0, 0.1) is 0 Å².